The lowest BCUT2D eigenvalue weighted by atomic mass is 10.2. The molecule has 202 valence electrons. The minimum absolute atomic E-state index is 0.138. The third kappa shape index (κ3) is 8.90. The van der Waals surface area contributed by atoms with Gasteiger partial charge in [-0.15, -0.1) is 11.8 Å². The highest BCUT2D eigenvalue weighted by atomic mass is 35.7. The van der Waals surface area contributed by atoms with Crippen LogP contribution in [-0.4, -0.2) is 10.6 Å². The molecule has 10 heteroatoms. The van der Waals surface area contributed by atoms with Gasteiger partial charge in [0.1, 0.15) is 20.3 Å². The van der Waals surface area contributed by atoms with Crippen LogP contribution < -0.4 is 35.2 Å². The molecule has 4 aromatic rings. The molecule has 0 saturated heterocycles. The number of nitrogens with one attached hydrogen (secondary N) is 1. The van der Waals surface area contributed by atoms with Crippen molar-refractivity contribution in [2.75, 3.05) is 0 Å². The second-order valence-corrected chi connectivity index (χ2v) is 13.9. The summed E-state index contributed by atoms with van der Waals surface area (Å²) < 4.78 is 33.3. The van der Waals surface area contributed by atoms with E-state index < -0.39 is 17.5 Å². The van der Waals surface area contributed by atoms with E-state index in [-0.39, 0.29) is 5.91 Å². The van der Waals surface area contributed by atoms with Crippen LogP contribution in [-0.2, 0) is 10.5 Å². The Balaban J connectivity index is 0.000000771. The zero-order valence-electron chi connectivity index (χ0n) is 20.9. The fourth-order valence-electron chi connectivity index (χ4n) is 4.01. The number of carbonyl (C=O) groups is 1. The van der Waals surface area contributed by atoms with Gasteiger partial charge < -0.3 is 0 Å². The summed E-state index contributed by atoms with van der Waals surface area (Å²) in [5, 5.41) is 6.59. The lowest BCUT2D eigenvalue weighted by molar-refractivity contribution is -1.92. The highest BCUT2D eigenvalue weighted by Crippen LogP contribution is 2.63. The van der Waals surface area contributed by atoms with Crippen LogP contribution in [0.2, 0.25) is 0 Å². The molecule has 0 aliphatic heterocycles. The molecule has 1 amide bonds. The van der Waals surface area contributed by atoms with Crippen molar-refractivity contribution in [2.24, 2.45) is 0 Å². The number of halogens is 2. The molecular formula is C29H27Cl2NO5PS+. The minimum atomic E-state index is -4.69. The largest absolute Gasteiger partial charge is 0.295 e. The summed E-state index contributed by atoms with van der Waals surface area (Å²) in [7, 11) is -7.19. The van der Waals surface area contributed by atoms with Crippen molar-refractivity contribution in [2.45, 2.75) is 12.7 Å². The predicted molar refractivity (Wildman–Crippen MR) is 152 cm³/mol. The van der Waals surface area contributed by atoms with Gasteiger partial charge in [0.05, 0.1) is 14.9 Å². The summed E-state index contributed by atoms with van der Waals surface area (Å²) in [4.78, 5) is 12.6. The summed E-state index contributed by atoms with van der Waals surface area (Å²) >= 11 is 8.68. The fraction of sp³-hybridized carbons (Fsp3) is 0.0690. The van der Waals surface area contributed by atoms with E-state index in [4.69, 9.17) is 30.2 Å². The maximum Gasteiger partial charge on any atom is 0.223 e. The molecule has 4 rings (SSSR count). The lowest BCUT2D eigenvalue weighted by Crippen LogP contribution is -2.58. The van der Waals surface area contributed by atoms with Gasteiger partial charge in [0.25, 0.3) is 0 Å². The molecule has 4 aromatic carbocycles. The standard InChI is InChI=1S/C29H25ClNOPS.ClHO4/c1-23(32)31-29(28(30)34-22-24-14-6-2-7-15-24)33(25-16-8-3-9-17-25,26-18-10-4-11-19-26)27-20-12-5-13-21-27;2-1(3,4)5/h2-21H,22H2,1H3;(H,2,3,4,5)/p+1/b29-28+;. The average Bonchev–Trinajstić information content (AvgIpc) is 2.93. The Bertz CT molecular complexity index is 1250. The van der Waals surface area contributed by atoms with Gasteiger partial charge in [-0.25, -0.2) is 0 Å². The highest BCUT2D eigenvalue weighted by Gasteiger charge is 2.52. The predicted octanol–water partition coefficient (Wildman–Crippen LogP) is 2.29. The Morgan fingerprint density at radius 3 is 1.44 bits per heavy atom. The van der Waals surface area contributed by atoms with Gasteiger partial charge in [0.2, 0.25) is 11.3 Å². The molecule has 0 fully saturated rings. The summed E-state index contributed by atoms with van der Waals surface area (Å²) in [6.45, 7) is 1.54. The van der Waals surface area contributed by atoms with Crippen LogP contribution in [0, 0.1) is 10.2 Å². The maximum atomic E-state index is 12.6. The van der Waals surface area contributed by atoms with Crippen molar-refractivity contribution >= 4 is 52.4 Å². The molecule has 0 bridgehead atoms. The van der Waals surface area contributed by atoms with E-state index in [1.165, 1.54) is 5.56 Å². The first-order chi connectivity index (χ1) is 18.6. The van der Waals surface area contributed by atoms with Gasteiger partial charge in [-0.2, -0.15) is 14.0 Å². The van der Waals surface area contributed by atoms with Crippen LogP contribution in [0.1, 0.15) is 12.5 Å². The van der Waals surface area contributed by atoms with E-state index >= 15 is 0 Å². The monoisotopic (exact) mass is 602 g/mol. The van der Waals surface area contributed by atoms with Crippen LogP contribution in [0.5, 0.6) is 0 Å². The summed E-state index contributed by atoms with van der Waals surface area (Å²) in [6.07, 6.45) is 0. The molecule has 0 aliphatic carbocycles. The van der Waals surface area contributed by atoms with E-state index in [1.807, 2.05) is 72.8 Å². The molecule has 39 heavy (non-hydrogen) atoms. The molecule has 2 N–H and O–H groups in total. The SMILES string of the molecule is CC(=O)N/C(=C(/Cl)SCc1ccccc1)[P+](c1ccccc1)(c1ccccc1)c1ccccc1.[O-][Cl+3]([O-])([O-])O. The molecule has 0 spiro atoms. The van der Waals surface area contributed by atoms with Gasteiger partial charge >= 0.3 is 0 Å². The number of amides is 1. The first-order valence-electron chi connectivity index (χ1n) is 11.7. The van der Waals surface area contributed by atoms with Crippen LogP contribution >= 0.6 is 30.6 Å². The minimum Gasteiger partial charge on any atom is -0.295 e. The van der Waals surface area contributed by atoms with E-state index in [0.29, 0.717) is 10.1 Å². The van der Waals surface area contributed by atoms with Crippen molar-refractivity contribution in [1.82, 2.24) is 5.32 Å². The number of carbonyl (C=O) groups excluding carboxylic acids is 1. The van der Waals surface area contributed by atoms with Gasteiger partial charge in [0.15, 0.2) is 7.26 Å². The molecule has 0 radical (unpaired) electrons. The third-order valence-electron chi connectivity index (χ3n) is 5.45. The summed E-state index contributed by atoms with van der Waals surface area (Å²) in [5.41, 5.74) is 1.95. The van der Waals surface area contributed by atoms with Gasteiger partial charge in [0, 0.05) is 12.7 Å². The Labute approximate surface area is 240 Å². The third-order valence-corrected chi connectivity index (χ3v) is 11.4. The number of thioether (sulfide) groups is 1. The smallest absolute Gasteiger partial charge is 0.223 e. The molecule has 6 nitrogen and oxygen atoms in total. The quantitative estimate of drug-likeness (QED) is 0.299. The number of benzene rings is 4. The average molecular weight is 603 g/mol. The molecular weight excluding hydrogens is 576 g/mol. The highest BCUT2D eigenvalue weighted by molar-refractivity contribution is 8.05. The van der Waals surface area contributed by atoms with Crippen molar-refractivity contribution in [3.63, 3.8) is 0 Å². The second kappa shape index (κ2) is 14.6. The van der Waals surface area contributed by atoms with Crippen LogP contribution in [0.3, 0.4) is 0 Å². The number of rotatable bonds is 8. The molecule has 0 heterocycles. The molecule has 0 saturated carbocycles. The van der Waals surface area contributed by atoms with Gasteiger partial charge in [-0.05, 0) is 42.0 Å². The second-order valence-electron chi connectivity index (χ2n) is 8.15. The van der Waals surface area contributed by atoms with E-state index in [2.05, 4.69) is 53.8 Å². The Hall–Kier alpha value is -2.71. The Morgan fingerprint density at radius 1 is 0.769 bits per heavy atom. The fourth-order valence-corrected chi connectivity index (χ4v) is 10.00. The first kappa shape index (κ1) is 30.8. The summed E-state index contributed by atoms with van der Waals surface area (Å²) in [5.74, 6) is 0.571. The molecule has 0 aliphatic rings. The topological polar surface area (TPSA) is 119 Å². The number of hydrogen-bond acceptors (Lipinski definition) is 6. The van der Waals surface area contributed by atoms with Crippen LogP contribution in [0.25, 0.3) is 0 Å². The van der Waals surface area contributed by atoms with Crippen molar-refractivity contribution in [1.29, 1.82) is 0 Å². The summed E-state index contributed by atoms with van der Waals surface area (Å²) in [6, 6.07) is 41.4. The zero-order valence-corrected chi connectivity index (χ0v) is 24.2. The normalized spacial score (nSPS) is 12.1. The van der Waals surface area contributed by atoms with Crippen molar-refractivity contribution < 1.29 is 33.7 Å². The van der Waals surface area contributed by atoms with Crippen molar-refractivity contribution in [3.05, 3.63) is 137 Å². The number of hydrogen-bond donors (Lipinski definition) is 2. The van der Waals surface area contributed by atoms with E-state index in [0.717, 1.165) is 21.4 Å². The van der Waals surface area contributed by atoms with Gasteiger partial charge in [-0.1, -0.05) is 96.5 Å². The lowest BCUT2D eigenvalue weighted by Gasteiger charge is -2.30. The van der Waals surface area contributed by atoms with Crippen LogP contribution in [0.15, 0.2) is 131 Å². The Morgan fingerprint density at radius 2 is 1.10 bits per heavy atom. The molecule has 0 atom stereocenters. The first-order valence-corrected chi connectivity index (χ1v) is 16.1. The molecule has 0 unspecified atom stereocenters. The van der Waals surface area contributed by atoms with Crippen LogP contribution in [0.4, 0.5) is 0 Å². The zero-order chi connectivity index (χ0) is 28.3. The van der Waals surface area contributed by atoms with E-state index in [9.17, 15) is 4.79 Å². The maximum absolute atomic E-state index is 12.6. The Kier molecular flexibility index (Phi) is 11.5. The van der Waals surface area contributed by atoms with E-state index in [1.54, 1.807) is 18.7 Å². The van der Waals surface area contributed by atoms with Gasteiger partial charge in [-0.3, -0.25) is 10.1 Å². The molecule has 0 aromatic heterocycles. The van der Waals surface area contributed by atoms with Crippen molar-refractivity contribution in [3.8, 4) is 0 Å².